The SMILES string of the molecule is CN=C(NCc1ccc(C(=O)NC)cc1)NC(C)CCS(C)(=O)=O. The van der Waals surface area contributed by atoms with Crippen molar-refractivity contribution >= 4 is 21.7 Å². The number of nitrogens with one attached hydrogen (secondary N) is 3. The molecule has 8 heteroatoms. The summed E-state index contributed by atoms with van der Waals surface area (Å²) >= 11 is 0. The summed E-state index contributed by atoms with van der Waals surface area (Å²) in [6, 6.07) is 7.26. The van der Waals surface area contributed by atoms with Crippen LogP contribution in [0.15, 0.2) is 29.3 Å². The van der Waals surface area contributed by atoms with E-state index in [1.807, 2.05) is 19.1 Å². The van der Waals surface area contributed by atoms with Crippen LogP contribution in [0.25, 0.3) is 0 Å². The van der Waals surface area contributed by atoms with Crippen LogP contribution < -0.4 is 16.0 Å². The molecule has 0 saturated carbocycles. The Labute approximate surface area is 143 Å². The van der Waals surface area contributed by atoms with Gasteiger partial charge in [-0.3, -0.25) is 9.79 Å². The van der Waals surface area contributed by atoms with E-state index in [1.165, 1.54) is 6.26 Å². The number of amides is 1. The van der Waals surface area contributed by atoms with Gasteiger partial charge in [0.1, 0.15) is 9.84 Å². The van der Waals surface area contributed by atoms with E-state index in [0.29, 0.717) is 24.5 Å². The average molecular weight is 354 g/mol. The minimum absolute atomic E-state index is 0.0125. The van der Waals surface area contributed by atoms with E-state index in [0.717, 1.165) is 5.56 Å². The Bertz CT molecular complexity index is 669. The second-order valence-corrected chi connectivity index (χ2v) is 7.93. The maximum absolute atomic E-state index is 11.5. The second kappa shape index (κ2) is 9.27. The van der Waals surface area contributed by atoms with Gasteiger partial charge in [-0.15, -0.1) is 0 Å². The zero-order valence-corrected chi connectivity index (χ0v) is 15.4. The standard InChI is InChI=1S/C16H26N4O3S/c1-12(9-10-24(4,22)23)20-16(18-3)19-11-13-5-7-14(8-6-13)15(21)17-2/h5-8,12H,9-11H2,1-4H3,(H,17,21)(H2,18,19,20). The van der Waals surface area contributed by atoms with Crippen molar-refractivity contribution in [1.82, 2.24) is 16.0 Å². The highest BCUT2D eigenvalue weighted by atomic mass is 32.2. The molecule has 0 aromatic heterocycles. The van der Waals surface area contributed by atoms with Gasteiger partial charge >= 0.3 is 0 Å². The van der Waals surface area contributed by atoms with Gasteiger partial charge in [-0.05, 0) is 31.0 Å². The molecule has 0 aliphatic rings. The molecule has 24 heavy (non-hydrogen) atoms. The molecule has 134 valence electrons. The van der Waals surface area contributed by atoms with Crippen molar-refractivity contribution in [2.45, 2.75) is 25.9 Å². The highest BCUT2D eigenvalue weighted by Gasteiger charge is 2.09. The van der Waals surface area contributed by atoms with Gasteiger partial charge in [0.2, 0.25) is 0 Å². The maximum Gasteiger partial charge on any atom is 0.251 e. The Hall–Kier alpha value is -2.09. The van der Waals surface area contributed by atoms with Crippen LogP contribution in [0.4, 0.5) is 0 Å². The number of rotatable bonds is 7. The highest BCUT2D eigenvalue weighted by molar-refractivity contribution is 7.90. The smallest absolute Gasteiger partial charge is 0.251 e. The summed E-state index contributed by atoms with van der Waals surface area (Å²) in [7, 11) is 0.292. The van der Waals surface area contributed by atoms with Gasteiger partial charge < -0.3 is 16.0 Å². The van der Waals surface area contributed by atoms with E-state index in [1.54, 1.807) is 26.2 Å². The monoisotopic (exact) mass is 354 g/mol. The van der Waals surface area contributed by atoms with Crippen LogP contribution in [-0.2, 0) is 16.4 Å². The first-order valence-corrected chi connectivity index (χ1v) is 9.77. The second-order valence-electron chi connectivity index (χ2n) is 5.67. The number of carbonyl (C=O) groups excluding carboxylic acids is 1. The van der Waals surface area contributed by atoms with Crippen LogP contribution in [0.5, 0.6) is 0 Å². The van der Waals surface area contributed by atoms with Gasteiger partial charge in [0, 0.05) is 38.5 Å². The summed E-state index contributed by atoms with van der Waals surface area (Å²) < 4.78 is 22.4. The summed E-state index contributed by atoms with van der Waals surface area (Å²) in [4.78, 5) is 15.6. The van der Waals surface area contributed by atoms with Gasteiger partial charge in [0.25, 0.3) is 5.91 Å². The van der Waals surface area contributed by atoms with Crippen molar-refractivity contribution in [1.29, 1.82) is 0 Å². The van der Waals surface area contributed by atoms with Gasteiger partial charge in [0.05, 0.1) is 5.75 Å². The van der Waals surface area contributed by atoms with E-state index >= 15 is 0 Å². The van der Waals surface area contributed by atoms with Crippen LogP contribution in [0.3, 0.4) is 0 Å². The van der Waals surface area contributed by atoms with E-state index in [9.17, 15) is 13.2 Å². The number of guanidine groups is 1. The lowest BCUT2D eigenvalue weighted by Crippen LogP contribution is -2.42. The van der Waals surface area contributed by atoms with Crippen molar-refractivity contribution in [3.8, 4) is 0 Å². The predicted octanol–water partition coefficient (Wildman–Crippen LogP) is 0.534. The van der Waals surface area contributed by atoms with Crippen LogP contribution in [0.2, 0.25) is 0 Å². The van der Waals surface area contributed by atoms with E-state index in [2.05, 4.69) is 20.9 Å². The fraction of sp³-hybridized carbons (Fsp3) is 0.500. The molecule has 0 spiro atoms. The van der Waals surface area contributed by atoms with Gasteiger partial charge in [-0.2, -0.15) is 0 Å². The number of hydrogen-bond acceptors (Lipinski definition) is 4. The topological polar surface area (TPSA) is 99.7 Å². The number of sulfone groups is 1. The lowest BCUT2D eigenvalue weighted by atomic mass is 10.1. The lowest BCUT2D eigenvalue weighted by Gasteiger charge is -2.17. The Morgan fingerprint density at radius 2 is 1.88 bits per heavy atom. The molecule has 0 saturated heterocycles. The van der Waals surface area contributed by atoms with Crippen LogP contribution in [-0.4, -0.2) is 52.4 Å². The zero-order valence-electron chi connectivity index (χ0n) is 14.6. The number of benzene rings is 1. The van der Waals surface area contributed by atoms with Crippen molar-refractivity contribution < 1.29 is 13.2 Å². The summed E-state index contributed by atoms with van der Waals surface area (Å²) in [6.07, 6.45) is 1.75. The third kappa shape index (κ3) is 7.45. The minimum atomic E-state index is -2.96. The molecule has 1 rings (SSSR count). The number of aliphatic imine (C=N–C) groups is 1. The third-order valence-electron chi connectivity index (χ3n) is 3.43. The molecule has 1 unspecified atom stereocenters. The summed E-state index contributed by atoms with van der Waals surface area (Å²) in [5.41, 5.74) is 1.62. The van der Waals surface area contributed by atoms with Crippen LogP contribution >= 0.6 is 0 Å². The Morgan fingerprint density at radius 3 is 2.38 bits per heavy atom. The molecule has 0 fully saturated rings. The molecular weight excluding hydrogens is 328 g/mol. The molecule has 0 bridgehead atoms. The largest absolute Gasteiger partial charge is 0.355 e. The molecule has 0 radical (unpaired) electrons. The molecule has 1 atom stereocenters. The van der Waals surface area contributed by atoms with Crippen molar-refractivity contribution in [3.05, 3.63) is 35.4 Å². The first-order valence-electron chi connectivity index (χ1n) is 7.71. The quantitative estimate of drug-likeness (QED) is 0.490. The first kappa shape index (κ1) is 20.0. The number of hydrogen-bond donors (Lipinski definition) is 3. The molecule has 0 heterocycles. The van der Waals surface area contributed by atoms with Crippen molar-refractivity contribution in [3.63, 3.8) is 0 Å². The average Bonchev–Trinajstić information content (AvgIpc) is 2.55. The summed E-state index contributed by atoms with van der Waals surface area (Å²) in [6.45, 7) is 2.46. The molecule has 1 amide bonds. The van der Waals surface area contributed by atoms with Crippen LogP contribution in [0, 0.1) is 0 Å². The predicted molar refractivity (Wildman–Crippen MR) is 97.0 cm³/mol. The molecule has 3 N–H and O–H groups in total. The molecule has 0 aliphatic heterocycles. The van der Waals surface area contributed by atoms with Gasteiger partial charge in [-0.1, -0.05) is 12.1 Å². The molecule has 1 aromatic rings. The Kier molecular flexibility index (Phi) is 7.70. The molecular formula is C16H26N4O3S. The van der Waals surface area contributed by atoms with Crippen molar-refractivity contribution in [2.75, 3.05) is 26.1 Å². The fourth-order valence-corrected chi connectivity index (χ4v) is 2.78. The van der Waals surface area contributed by atoms with E-state index < -0.39 is 9.84 Å². The minimum Gasteiger partial charge on any atom is -0.355 e. The summed E-state index contributed by atoms with van der Waals surface area (Å²) in [5.74, 6) is 0.622. The molecule has 0 aliphatic carbocycles. The highest BCUT2D eigenvalue weighted by Crippen LogP contribution is 2.04. The Morgan fingerprint density at radius 1 is 1.25 bits per heavy atom. The van der Waals surface area contributed by atoms with Crippen molar-refractivity contribution in [2.24, 2.45) is 4.99 Å². The molecule has 7 nitrogen and oxygen atoms in total. The number of nitrogens with zero attached hydrogens (tertiary/aromatic N) is 1. The maximum atomic E-state index is 11.5. The van der Waals surface area contributed by atoms with Crippen LogP contribution in [0.1, 0.15) is 29.3 Å². The molecule has 1 aromatic carbocycles. The summed E-state index contributed by atoms with van der Waals surface area (Å²) in [5, 5.41) is 8.90. The van der Waals surface area contributed by atoms with E-state index in [4.69, 9.17) is 0 Å². The lowest BCUT2D eigenvalue weighted by molar-refractivity contribution is 0.0963. The fourth-order valence-electron chi connectivity index (χ4n) is 2.00. The van der Waals surface area contributed by atoms with E-state index in [-0.39, 0.29) is 17.7 Å². The number of carbonyl (C=O) groups is 1. The Balaban J connectivity index is 2.50. The normalized spacial score (nSPS) is 13.2. The zero-order chi connectivity index (χ0) is 18.2. The van der Waals surface area contributed by atoms with Gasteiger partial charge in [-0.25, -0.2) is 8.42 Å². The van der Waals surface area contributed by atoms with Gasteiger partial charge in [0.15, 0.2) is 5.96 Å². The third-order valence-corrected chi connectivity index (χ3v) is 4.41. The first-order chi connectivity index (χ1) is 11.2.